The second-order valence-corrected chi connectivity index (χ2v) is 7.13. The SMILES string of the molecule is COc1cc(C(Br)c2ccc(C)s2)c(OC)cc1Br. The summed E-state index contributed by atoms with van der Waals surface area (Å²) in [7, 11) is 3.34. The third-order valence-corrected chi connectivity index (χ3v) is 5.76. The van der Waals surface area contributed by atoms with Gasteiger partial charge < -0.3 is 9.47 Å². The van der Waals surface area contributed by atoms with E-state index in [4.69, 9.17) is 9.47 Å². The van der Waals surface area contributed by atoms with Crippen molar-refractivity contribution in [3.8, 4) is 11.5 Å². The fourth-order valence-electron chi connectivity index (χ4n) is 1.83. The quantitative estimate of drug-likeness (QED) is 0.640. The molecule has 0 amide bonds. The summed E-state index contributed by atoms with van der Waals surface area (Å²) in [5.74, 6) is 1.63. The van der Waals surface area contributed by atoms with Gasteiger partial charge in [0.1, 0.15) is 11.5 Å². The Bertz CT molecular complexity index is 581. The normalized spacial score (nSPS) is 12.3. The molecule has 0 saturated heterocycles. The molecule has 1 heterocycles. The van der Waals surface area contributed by atoms with Gasteiger partial charge in [0.05, 0.1) is 23.5 Å². The summed E-state index contributed by atoms with van der Waals surface area (Å²) in [4.78, 5) is 2.64. The number of benzene rings is 1. The van der Waals surface area contributed by atoms with Crippen LogP contribution in [0.5, 0.6) is 11.5 Å². The van der Waals surface area contributed by atoms with Crippen LogP contribution in [0.25, 0.3) is 0 Å². The molecule has 1 aromatic heterocycles. The van der Waals surface area contributed by atoms with Gasteiger partial charge >= 0.3 is 0 Å². The number of ether oxygens (including phenoxy) is 2. The summed E-state index contributed by atoms with van der Waals surface area (Å²) in [5, 5.41) is 0. The van der Waals surface area contributed by atoms with E-state index in [9.17, 15) is 0 Å². The van der Waals surface area contributed by atoms with Gasteiger partial charge in [-0.2, -0.15) is 0 Å². The second-order valence-electron chi connectivity index (χ2n) is 4.04. The summed E-state index contributed by atoms with van der Waals surface area (Å²) < 4.78 is 11.7. The molecule has 1 unspecified atom stereocenters. The molecule has 1 atom stereocenters. The molecule has 0 aliphatic heterocycles. The van der Waals surface area contributed by atoms with Crippen LogP contribution in [-0.4, -0.2) is 14.2 Å². The molecule has 0 aliphatic carbocycles. The largest absolute Gasteiger partial charge is 0.496 e. The average molecular weight is 406 g/mol. The molecule has 0 bridgehead atoms. The molecule has 0 radical (unpaired) electrons. The van der Waals surface area contributed by atoms with Gasteiger partial charge in [-0.05, 0) is 47.1 Å². The first-order chi connectivity index (χ1) is 9.06. The van der Waals surface area contributed by atoms with Crippen LogP contribution < -0.4 is 9.47 Å². The molecule has 2 rings (SSSR count). The van der Waals surface area contributed by atoms with Crippen LogP contribution in [0.3, 0.4) is 0 Å². The minimum absolute atomic E-state index is 0.100. The number of halogens is 2. The van der Waals surface area contributed by atoms with Crippen molar-refractivity contribution in [2.45, 2.75) is 11.8 Å². The smallest absolute Gasteiger partial charge is 0.133 e. The monoisotopic (exact) mass is 404 g/mol. The highest BCUT2D eigenvalue weighted by Gasteiger charge is 2.19. The predicted molar refractivity (Wildman–Crippen MR) is 87.1 cm³/mol. The number of hydrogen-bond acceptors (Lipinski definition) is 3. The number of hydrogen-bond donors (Lipinski definition) is 0. The van der Waals surface area contributed by atoms with Crippen molar-refractivity contribution < 1.29 is 9.47 Å². The van der Waals surface area contributed by atoms with Crippen LogP contribution in [0, 0.1) is 6.92 Å². The van der Waals surface area contributed by atoms with Gasteiger partial charge in [-0.25, -0.2) is 0 Å². The van der Waals surface area contributed by atoms with E-state index in [0.29, 0.717) is 0 Å². The fourth-order valence-corrected chi connectivity index (χ4v) is 3.97. The minimum atomic E-state index is 0.100. The first-order valence-corrected chi connectivity index (χ1v) is 8.21. The Morgan fingerprint density at radius 1 is 1.11 bits per heavy atom. The van der Waals surface area contributed by atoms with Gasteiger partial charge in [-0.3, -0.25) is 0 Å². The van der Waals surface area contributed by atoms with Crippen LogP contribution in [0.4, 0.5) is 0 Å². The molecule has 0 saturated carbocycles. The molecular weight excluding hydrogens is 392 g/mol. The molecular formula is C14H14Br2O2S. The maximum atomic E-state index is 5.46. The summed E-state index contributed by atoms with van der Waals surface area (Å²) in [5.41, 5.74) is 1.06. The van der Waals surface area contributed by atoms with E-state index in [-0.39, 0.29) is 4.83 Å². The number of rotatable bonds is 4. The molecule has 0 spiro atoms. The highest BCUT2D eigenvalue weighted by Crippen LogP contribution is 2.43. The van der Waals surface area contributed by atoms with E-state index in [2.05, 4.69) is 50.9 Å². The van der Waals surface area contributed by atoms with Crippen molar-refractivity contribution in [2.24, 2.45) is 0 Å². The van der Waals surface area contributed by atoms with Crippen molar-refractivity contribution in [1.29, 1.82) is 0 Å². The highest BCUT2D eigenvalue weighted by atomic mass is 79.9. The number of methoxy groups -OCH3 is 2. The third kappa shape index (κ3) is 3.15. The highest BCUT2D eigenvalue weighted by molar-refractivity contribution is 9.10. The third-order valence-electron chi connectivity index (χ3n) is 2.79. The molecule has 0 N–H and O–H groups in total. The van der Waals surface area contributed by atoms with Crippen LogP contribution in [-0.2, 0) is 0 Å². The Hall–Kier alpha value is -0.520. The number of alkyl halides is 1. The van der Waals surface area contributed by atoms with Gasteiger partial charge in [0.15, 0.2) is 0 Å². The van der Waals surface area contributed by atoms with E-state index < -0.39 is 0 Å². The van der Waals surface area contributed by atoms with Crippen molar-refractivity contribution in [1.82, 2.24) is 0 Å². The van der Waals surface area contributed by atoms with E-state index in [0.717, 1.165) is 21.5 Å². The molecule has 2 aromatic rings. The van der Waals surface area contributed by atoms with Crippen LogP contribution in [0.1, 0.15) is 20.1 Å². The van der Waals surface area contributed by atoms with Gasteiger partial charge in [-0.1, -0.05) is 15.9 Å². The minimum Gasteiger partial charge on any atom is -0.496 e. The molecule has 0 fully saturated rings. The molecule has 2 nitrogen and oxygen atoms in total. The van der Waals surface area contributed by atoms with Crippen molar-refractivity contribution in [2.75, 3.05) is 14.2 Å². The summed E-state index contributed by atoms with van der Waals surface area (Å²) in [6.45, 7) is 2.10. The van der Waals surface area contributed by atoms with Crippen LogP contribution in [0.15, 0.2) is 28.7 Å². The maximum Gasteiger partial charge on any atom is 0.133 e. The fraction of sp³-hybridized carbons (Fsp3) is 0.286. The zero-order valence-corrected chi connectivity index (χ0v) is 14.9. The zero-order valence-electron chi connectivity index (χ0n) is 10.9. The average Bonchev–Trinajstić information content (AvgIpc) is 2.84. The van der Waals surface area contributed by atoms with E-state index in [1.165, 1.54) is 9.75 Å². The van der Waals surface area contributed by atoms with E-state index >= 15 is 0 Å². The summed E-state index contributed by atoms with van der Waals surface area (Å²) >= 11 is 8.99. The lowest BCUT2D eigenvalue weighted by molar-refractivity contribution is 0.397. The van der Waals surface area contributed by atoms with Gasteiger partial charge in [-0.15, -0.1) is 11.3 Å². The van der Waals surface area contributed by atoms with E-state index in [1.807, 2.05) is 12.1 Å². The van der Waals surface area contributed by atoms with Crippen molar-refractivity contribution in [3.05, 3.63) is 44.1 Å². The number of aryl methyl sites for hydroxylation is 1. The number of thiophene rings is 1. The van der Waals surface area contributed by atoms with Gasteiger partial charge in [0.25, 0.3) is 0 Å². The predicted octanol–water partition coefficient (Wildman–Crippen LogP) is 5.32. The molecule has 1 aromatic carbocycles. The lowest BCUT2D eigenvalue weighted by Gasteiger charge is -2.15. The Balaban J connectivity index is 2.48. The van der Waals surface area contributed by atoms with Crippen molar-refractivity contribution in [3.63, 3.8) is 0 Å². The lowest BCUT2D eigenvalue weighted by Crippen LogP contribution is -1.97. The summed E-state index contributed by atoms with van der Waals surface area (Å²) in [6.07, 6.45) is 0. The lowest BCUT2D eigenvalue weighted by atomic mass is 10.1. The first-order valence-electron chi connectivity index (χ1n) is 5.68. The standard InChI is InChI=1S/C14H14Br2O2S/c1-8-4-5-13(19-8)14(16)9-6-12(18-3)10(15)7-11(9)17-2/h4-7,14H,1-3H3. The molecule has 19 heavy (non-hydrogen) atoms. The first kappa shape index (κ1) is 14.9. The Labute approximate surface area is 134 Å². The Morgan fingerprint density at radius 3 is 2.32 bits per heavy atom. The second kappa shape index (κ2) is 6.29. The van der Waals surface area contributed by atoms with Crippen LogP contribution in [0.2, 0.25) is 0 Å². The molecule has 102 valence electrons. The molecule has 0 aliphatic rings. The van der Waals surface area contributed by atoms with Crippen molar-refractivity contribution >= 4 is 43.2 Å². The maximum absolute atomic E-state index is 5.46. The molecule has 5 heteroatoms. The van der Waals surface area contributed by atoms with Crippen LogP contribution >= 0.6 is 43.2 Å². The van der Waals surface area contributed by atoms with Gasteiger partial charge in [0.2, 0.25) is 0 Å². The Kier molecular flexibility index (Phi) is 4.92. The Morgan fingerprint density at radius 2 is 1.79 bits per heavy atom. The zero-order chi connectivity index (χ0) is 14.0. The topological polar surface area (TPSA) is 18.5 Å². The summed E-state index contributed by atoms with van der Waals surface area (Å²) in [6, 6.07) is 8.18. The van der Waals surface area contributed by atoms with Gasteiger partial charge in [0, 0.05) is 15.3 Å². The van der Waals surface area contributed by atoms with E-state index in [1.54, 1.807) is 25.6 Å².